The number of aromatic nitrogens is 5. The van der Waals surface area contributed by atoms with Crippen LogP contribution in [-0.2, 0) is 14.1 Å². The third kappa shape index (κ3) is 3.83. The molecule has 1 atom stereocenters. The molecule has 170 valence electrons. The van der Waals surface area contributed by atoms with Gasteiger partial charge in [-0.3, -0.25) is 13.7 Å². The number of nitrogens with one attached hydrogen (secondary N) is 1. The molecule has 0 saturated carbocycles. The lowest BCUT2D eigenvalue weighted by Crippen LogP contribution is -2.26. The molecule has 1 fully saturated rings. The molecule has 1 unspecified atom stereocenters. The molecule has 1 aliphatic rings. The first-order valence-corrected chi connectivity index (χ1v) is 11.9. The zero-order valence-corrected chi connectivity index (χ0v) is 19.8. The van der Waals surface area contributed by atoms with Gasteiger partial charge in [-0.25, -0.2) is 14.6 Å². The average Bonchev–Trinajstić information content (AvgIpc) is 3.44. The lowest BCUT2D eigenvalue weighted by atomic mass is 10.2. The molecule has 1 aliphatic heterocycles. The number of rotatable bonds is 3. The van der Waals surface area contributed by atoms with Gasteiger partial charge in [-0.05, 0) is 30.7 Å². The number of fused-ring (bicyclic) bond motifs is 2. The highest BCUT2D eigenvalue weighted by Gasteiger charge is 2.24. The second kappa shape index (κ2) is 8.85. The Balaban J connectivity index is 0.000000775. The summed E-state index contributed by atoms with van der Waals surface area (Å²) in [5.41, 5.74) is 4.16. The van der Waals surface area contributed by atoms with Crippen molar-refractivity contribution in [3.05, 3.63) is 44.9 Å². The van der Waals surface area contributed by atoms with Crippen LogP contribution >= 0.6 is 11.8 Å². The summed E-state index contributed by atoms with van der Waals surface area (Å²) < 4.78 is 10.1. The molecule has 0 radical (unpaired) electrons. The summed E-state index contributed by atoms with van der Waals surface area (Å²) in [4.78, 5) is 33.6. The Hall–Kier alpha value is -3.01. The van der Waals surface area contributed by atoms with Crippen LogP contribution < -0.4 is 16.8 Å². The average molecular weight is 457 g/mol. The van der Waals surface area contributed by atoms with Gasteiger partial charge < -0.3 is 9.73 Å². The molecule has 1 aromatic carbocycles. The first-order valence-electron chi connectivity index (χ1n) is 10.7. The van der Waals surface area contributed by atoms with E-state index in [0.717, 1.165) is 34.7 Å². The second-order valence-electron chi connectivity index (χ2n) is 8.03. The van der Waals surface area contributed by atoms with Crippen molar-refractivity contribution in [2.45, 2.75) is 39.7 Å². The molecule has 0 aliphatic carbocycles. The van der Waals surface area contributed by atoms with E-state index in [0.29, 0.717) is 22.7 Å². The highest BCUT2D eigenvalue weighted by Crippen LogP contribution is 2.30. The SMILES string of the molecule is CCC.Cc1cc2c(cc1Nc1ncc3c(n1)n(C1CCSC1)c(=O)n3C)oc(=O)n2C. The van der Waals surface area contributed by atoms with Gasteiger partial charge in [0.2, 0.25) is 5.95 Å². The van der Waals surface area contributed by atoms with Crippen molar-refractivity contribution in [2.75, 3.05) is 16.8 Å². The predicted molar refractivity (Wildman–Crippen MR) is 129 cm³/mol. The van der Waals surface area contributed by atoms with E-state index in [4.69, 9.17) is 4.42 Å². The fourth-order valence-corrected chi connectivity index (χ4v) is 4.98. The van der Waals surface area contributed by atoms with Gasteiger partial charge in [0, 0.05) is 31.6 Å². The normalized spacial score (nSPS) is 15.8. The second-order valence-corrected chi connectivity index (χ2v) is 9.18. The number of oxazole rings is 1. The van der Waals surface area contributed by atoms with Crippen LogP contribution in [0.15, 0.2) is 32.3 Å². The number of hydrogen-bond donors (Lipinski definition) is 1. The molecule has 32 heavy (non-hydrogen) atoms. The summed E-state index contributed by atoms with van der Waals surface area (Å²) in [6.07, 6.45) is 3.88. The van der Waals surface area contributed by atoms with Crippen molar-refractivity contribution in [1.29, 1.82) is 0 Å². The maximum absolute atomic E-state index is 12.8. The molecule has 0 amide bonds. The summed E-state index contributed by atoms with van der Waals surface area (Å²) in [6.45, 7) is 6.19. The Morgan fingerprint density at radius 1 is 1.19 bits per heavy atom. The van der Waals surface area contributed by atoms with Gasteiger partial charge in [0.25, 0.3) is 0 Å². The minimum Gasteiger partial charge on any atom is -0.408 e. The minimum atomic E-state index is -0.406. The first kappa shape index (κ1) is 22.2. The van der Waals surface area contributed by atoms with Crippen molar-refractivity contribution in [3.63, 3.8) is 0 Å². The maximum atomic E-state index is 12.8. The zero-order chi connectivity index (χ0) is 23.0. The summed E-state index contributed by atoms with van der Waals surface area (Å²) in [5.74, 6) is 1.94. The molecule has 1 N–H and O–H groups in total. The van der Waals surface area contributed by atoms with E-state index in [1.807, 2.05) is 24.8 Å². The molecule has 4 heterocycles. The fraction of sp³-hybridized carbons (Fsp3) is 0.455. The van der Waals surface area contributed by atoms with Crippen LogP contribution in [0.5, 0.6) is 0 Å². The lowest BCUT2D eigenvalue weighted by molar-refractivity contribution is 0.528. The number of anilines is 2. The molecule has 5 rings (SSSR count). The Morgan fingerprint density at radius 3 is 2.62 bits per heavy atom. The summed E-state index contributed by atoms with van der Waals surface area (Å²) in [7, 11) is 3.42. The van der Waals surface area contributed by atoms with E-state index in [9.17, 15) is 9.59 Å². The fourth-order valence-electron chi connectivity index (χ4n) is 3.78. The van der Waals surface area contributed by atoms with Crippen molar-refractivity contribution in [3.8, 4) is 0 Å². The van der Waals surface area contributed by atoms with Gasteiger partial charge >= 0.3 is 11.4 Å². The van der Waals surface area contributed by atoms with Crippen LogP contribution in [0.2, 0.25) is 0 Å². The lowest BCUT2D eigenvalue weighted by Gasteiger charge is -2.11. The Kier molecular flexibility index (Phi) is 6.14. The molecule has 0 bridgehead atoms. The summed E-state index contributed by atoms with van der Waals surface area (Å²) in [5, 5.41) is 3.21. The van der Waals surface area contributed by atoms with Crippen molar-refractivity contribution >= 4 is 45.7 Å². The van der Waals surface area contributed by atoms with E-state index in [-0.39, 0.29) is 11.7 Å². The smallest absolute Gasteiger partial charge is 0.408 e. The molecular formula is C22H28N6O3S. The van der Waals surface area contributed by atoms with Crippen molar-refractivity contribution < 1.29 is 4.42 Å². The van der Waals surface area contributed by atoms with Gasteiger partial charge in [0.15, 0.2) is 11.2 Å². The van der Waals surface area contributed by atoms with E-state index in [2.05, 4.69) is 29.1 Å². The van der Waals surface area contributed by atoms with Gasteiger partial charge in [-0.2, -0.15) is 16.7 Å². The largest absolute Gasteiger partial charge is 0.419 e. The number of aryl methyl sites for hydroxylation is 3. The third-order valence-electron chi connectivity index (χ3n) is 5.49. The van der Waals surface area contributed by atoms with E-state index < -0.39 is 5.76 Å². The molecule has 3 aromatic heterocycles. The standard InChI is InChI=1S/C19H20N6O3S.C3H8/c1-10-6-13-15(28-19(27)24(13)3)7-12(10)21-17-20-8-14-16(22-17)25(18(26)23(14)2)11-4-5-29-9-11;1-3-2/h6-8,11H,4-5,9H2,1-3H3,(H,20,21,22);3H2,1-2H3. The Morgan fingerprint density at radius 2 is 1.94 bits per heavy atom. The molecule has 0 spiro atoms. The minimum absolute atomic E-state index is 0.0670. The summed E-state index contributed by atoms with van der Waals surface area (Å²) >= 11 is 1.85. The van der Waals surface area contributed by atoms with E-state index in [1.165, 1.54) is 11.0 Å². The zero-order valence-electron chi connectivity index (χ0n) is 19.0. The highest BCUT2D eigenvalue weighted by atomic mass is 32.2. The van der Waals surface area contributed by atoms with Gasteiger partial charge in [-0.15, -0.1) is 0 Å². The number of nitrogens with zero attached hydrogens (tertiary/aromatic N) is 5. The van der Waals surface area contributed by atoms with Gasteiger partial charge in [-0.1, -0.05) is 20.3 Å². The molecule has 9 nitrogen and oxygen atoms in total. The monoisotopic (exact) mass is 456 g/mol. The van der Waals surface area contributed by atoms with Gasteiger partial charge in [0.1, 0.15) is 5.52 Å². The van der Waals surface area contributed by atoms with Crippen molar-refractivity contribution in [1.82, 2.24) is 23.7 Å². The number of thioether (sulfide) groups is 1. The van der Waals surface area contributed by atoms with Crippen molar-refractivity contribution in [2.24, 2.45) is 14.1 Å². The van der Waals surface area contributed by atoms with Crippen LogP contribution in [0.25, 0.3) is 22.3 Å². The van der Waals surface area contributed by atoms with Crippen LogP contribution in [0.4, 0.5) is 11.6 Å². The predicted octanol–water partition coefficient (Wildman–Crippen LogP) is 3.72. The van der Waals surface area contributed by atoms with Crippen LogP contribution in [0.1, 0.15) is 38.3 Å². The molecule has 10 heteroatoms. The molecule has 4 aromatic rings. The number of hydrogen-bond acceptors (Lipinski definition) is 7. The molecule has 1 saturated heterocycles. The number of benzene rings is 1. The number of imidazole rings is 1. The van der Waals surface area contributed by atoms with Gasteiger partial charge in [0.05, 0.1) is 17.8 Å². The topological polar surface area (TPSA) is 99.9 Å². The van der Waals surface area contributed by atoms with Crippen LogP contribution in [0, 0.1) is 6.92 Å². The quantitative estimate of drug-likeness (QED) is 0.501. The third-order valence-corrected chi connectivity index (χ3v) is 6.63. The first-order chi connectivity index (χ1) is 15.3. The summed E-state index contributed by atoms with van der Waals surface area (Å²) in [6, 6.07) is 3.80. The van der Waals surface area contributed by atoms with E-state index in [1.54, 1.807) is 35.5 Å². The van der Waals surface area contributed by atoms with Crippen LogP contribution in [0.3, 0.4) is 0 Å². The Labute approximate surface area is 189 Å². The van der Waals surface area contributed by atoms with Crippen LogP contribution in [-0.4, -0.2) is 35.2 Å². The Bertz CT molecular complexity index is 1390. The maximum Gasteiger partial charge on any atom is 0.419 e. The van der Waals surface area contributed by atoms with E-state index >= 15 is 0 Å². The highest BCUT2D eigenvalue weighted by molar-refractivity contribution is 7.99. The molecular weight excluding hydrogens is 428 g/mol.